The van der Waals surface area contributed by atoms with Crippen LogP contribution in [0.15, 0.2) is 0 Å². The van der Waals surface area contributed by atoms with E-state index in [1.54, 1.807) is 0 Å². The predicted molar refractivity (Wildman–Crippen MR) is 67.4 cm³/mol. The zero-order valence-corrected chi connectivity index (χ0v) is 10.7. The monoisotopic (exact) mass is 225 g/mol. The summed E-state index contributed by atoms with van der Waals surface area (Å²) in [6.07, 6.45) is 9.25. The third-order valence-electron chi connectivity index (χ3n) is 4.31. The van der Waals surface area contributed by atoms with Crippen molar-refractivity contribution in [2.24, 2.45) is 11.3 Å². The lowest BCUT2D eigenvalue weighted by Crippen LogP contribution is -2.40. The van der Waals surface area contributed by atoms with Crippen molar-refractivity contribution >= 4 is 0 Å². The number of aliphatic hydroxyl groups is 1. The summed E-state index contributed by atoms with van der Waals surface area (Å²) in [5, 5.41) is 9.66. The van der Waals surface area contributed by atoms with Crippen molar-refractivity contribution in [1.29, 1.82) is 0 Å². The van der Waals surface area contributed by atoms with E-state index in [2.05, 4.69) is 11.8 Å². The van der Waals surface area contributed by atoms with Gasteiger partial charge in [-0.2, -0.15) is 0 Å². The molecule has 0 bridgehead atoms. The molecule has 2 fully saturated rings. The van der Waals surface area contributed by atoms with Gasteiger partial charge in [-0.05, 0) is 44.6 Å². The molecule has 2 heteroatoms. The van der Waals surface area contributed by atoms with Gasteiger partial charge in [0, 0.05) is 25.1 Å². The largest absolute Gasteiger partial charge is 0.396 e. The summed E-state index contributed by atoms with van der Waals surface area (Å²) in [6, 6.07) is 0. The molecule has 0 spiro atoms. The maximum Gasteiger partial charge on any atom is 0.0499 e. The molecule has 0 radical (unpaired) electrons. The Hall–Kier alpha value is -0.0800. The molecule has 0 saturated heterocycles. The number of rotatable bonds is 7. The van der Waals surface area contributed by atoms with Crippen molar-refractivity contribution in [2.75, 3.05) is 26.2 Å². The van der Waals surface area contributed by atoms with E-state index < -0.39 is 0 Å². The maximum absolute atomic E-state index is 9.66. The number of hydrogen-bond acceptors (Lipinski definition) is 2. The summed E-state index contributed by atoms with van der Waals surface area (Å²) in [4.78, 5) is 2.62. The second kappa shape index (κ2) is 5.50. The van der Waals surface area contributed by atoms with Gasteiger partial charge in [-0.25, -0.2) is 0 Å². The highest BCUT2D eigenvalue weighted by Crippen LogP contribution is 2.39. The molecule has 2 nitrogen and oxygen atoms in total. The molecule has 2 rings (SSSR count). The lowest BCUT2D eigenvalue weighted by atomic mass is 9.86. The van der Waals surface area contributed by atoms with E-state index >= 15 is 0 Å². The predicted octanol–water partition coefficient (Wildman–Crippen LogP) is 2.66. The molecule has 2 saturated carbocycles. The number of nitrogens with zero attached hydrogens (tertiary/aromatic N) is 1. The summed E-state index contributed by atoms with van der Waals surface area (Å²) in [5.41, 5.74) is 0.254. The molecule has 2 aliphatic carbocycles. The third-order valence-corrected chi connectivity index (χ3v) is 4.31. The third kappa shape index (κ3) is 3.21. The van der Waals surface area contributed by atoms with Gasteiger partial charge in [0.25, 0.3) is 0 Å². The summed E-state index contributed by atoms with van der Waals surface area (Å²) in [6.45, 7) is 6.32. The van der Waals surface area contributed by atoms with Crippen LogP contribution >= 0.6 is 0 Å². The average molecular weight is 225 g/mol. The minimum absolute atomic E-state index is 0.254. The van der Waals surface area contributed by atoms with Gasteiger partial charge in [0.1, 0.15) is 0 Å². The van der Waals surface area contributed by atoms with Gasteiger partial charge in [-0.1, -0.05) is 19.8 Å². The number of hydrogen-bond donors (Lipinski definition) is 1. The highest BCUT2D eigenvalue weighted by Gasteiger charge is 2.36. The van der Waals surface area contributed by atoms with Crippen LogP contribution in [0.5, 0.6) is 0 Å². The molecular formula is C14H27NO. The van der Waals surface area contributed by atoms with Gasteiger partial charge < -0.3 is 10.0 Å². The Bertz CT molecular complexity index is 207. The van der Waals surface area contributed by atoms with Crippen molar-refractivity contribution in [3.63, 3.8) is 0 Å². The Morgan fingerprint density at radius 1 is 1.25 bits per heavy atom. The van der Waals surface area contributed by atoms with Crippen molar-refractivity contribution < 1.29 is 5.11 Å². The summed E-state index contributed by atoms with van der Waals surface area (Å²) in [7, 11) is 0. The molecule has 0 aliphatic heterocycles. The molecule has 1 N–H and O–H groups in total. The van der Waals surface area contributed by atoms with Crippen LogP contribution in [-0.2, 0) is 0 Å². The van der Waals surface area contributed by atoms with Gasteiger partial charge >= 0.3 is 0 Å². The molecule has 0 amide bonds. The van der Waals surface area contributed by atoms with Gasteiger partial charge in [0.2, 0.25) is 0 Å². The van der Waals surface area contributed by atoms with Crippen molar-refractivity contribution in [3.05, 3.63) is 0 Å². The SMILES string of the molecule is CCCN(CC1CC1)CC1(CO)CCCC1. The molecule has 2 aliphatic rings. The van der Waals surface area contributed by atoms with Gasteiger partial charge in [-0.3, -0.25) is 0 Å². The van der Waals surface area contributed by atoms with Crippen molar-refractivity contribution in [1.82, 2.24) is 4.90 Å². The first kappa shape index (κ1) is 12.4. The Kier molecular flexibility index (Phi) is 4.26. The van der Waals surface area contributed by atoms with Crippen LogP contribution in [0.1, 0.15) is 51.9 Å². The average Bonchev–Trinajstić information content (AvgIpc) is 2.96. The first-order chi connectivity index (χ1) is 7.78. The van der Waals surface area contributed by atoms with Crippen LogP contribution in [0.3, 0.4) is 0 Å². The van der Waals surface area contributed by atoms with Crippen LogP contribution in [0.25, 0.3) is 0 Å². The van der Waals surface area contributed by atoms with E-state index in [1.807, 2.05) is 0 Å². The zero-order valence-electron chi connectivity index (χ0n) is 10.7. The molecule has 0 aromatic heterocycles. The molecule has 16 heavy (non-hydrogen) atoms. The van der Waals surface area contributed by atoms with E-state index in [0.29, 0.717) is 6.61 Å². The lowest BCUT2D eigenvalue weighted by Gasteiger charge is -2.34. The second-order valence-electron chi connectivity index (χ2n) is 6.04. The smallest absolute Gasteiger partial charge is 0.0499 e. The van der Waals surface area contributed by atoms with E-state index in [-0.39, 0.29) is 5.41 Å². The quantitative estimate of drug-likeness (QED) is 0.720. The summed E-state index contributed by atoms with van der Waals surface area (Å²) < 4.78 is 0. The Labute approximate surface area is 100 Å². The fourth-order valence-corrected chi connectivity index (χ4v) is 3.18. The van der Waals surface area contributed by atoms with Crippen molar-refractivity contribution in [2.45, 2.75) is 51.9 Å². The molecule has 0 aromatic carbocycles. The standard InChI is InChI=1S/C14H27NO/c1-2-9-15(10-13-5-6-13)11-14(12-16)7-3-4-8-14/h13,16H,2-12H2,1H3. The molecule has 0 unspecified atom stereocenters. The van der Waals surface area contributed by atoms with Crippen LogP contribution in [0.4, 0.5) is 0 Å². The topological polar surface area (TPSA) is 23.5 Å². The van der Waals surface area contributed by atoms with Crippen LogP contribution < -0.4 is 0 Å². The van der Waals surface area contributed by atoms with E-state index in [0.717, 1.165) is 12.5 Å². The Morgan fingerprint density at radius 2 is 1.94 bits per heavy atom. The van der Waals surface area contributed by atoms with E-state index in [1.165, 1.54) is 58.0 Å². The minimum atomic E-state index is 0.254. The fraction of sp³-hybridized carbons (Fsp3) is 1.00. The fourth-order valence-electron chi connectivity index (χ4n) is 3.18. The molecule has 0 aromatic rings. The Balaban J connectivity index is 1.86. The minimum Gasteiger partial charge on any atom is -0.396 e. The Morgan fingerprint density at radius 3 is 2.44 bits per heavy atom. The first-order valence-electron chi connectivity index (χ1n) is 7.11. The van der Waals surface area contributed by atoms with Gasteiger partial charge in [0.05, 0.1) is 0 Å². The maximum atomic E-state index is 9.66. The summed E-state index contributed by atoms with van der Waals surface area (Å²) >= 11 is 0. The normalized spacial score (nSPS) is 24.2. The number of aliphatic hydroxyl groups excluding tert-OH is 1. The summed E-state index contributed by atoms with van der Waals surface area (Å²) in [5.74, 6) is 0.976. The van der Waals surface area contributed by atoms with Crippen LogP contribution in [-0.4, -0.2) is 36.2 Å². The van der Waals surface area contributed by atoms with Crippen molar-refractivity contribution in [3.8, 4) is 0 Å². The highest BCUT2D eigenvalue weighted by molar-refractivity contribution is 4.88. The van der Waals surface area contributed by atoms with Gasteiger partial charge in [-0.15, -0.1) is 0 Å². The van der Waals surface area contributed by atoms with E-state index in [4.69, 9.17) is 0 Å². The van der Waals surface area contributed by atoms with Crippen LogP contribution in [0, 0.1) is 11.3 Å². The first-order valence-corrected chi connectivity index (χ1v) is 7.11. The van der Waals surface area contributed by atoms with Crippen LogP contribution in [0.2, 0.25) is 0 Å². The lowest BCUT2D eigenvalue weighted by molar-refractivity contribution is 0.0760. The second-order valence-corrected chi connectivity index (χ2v) is 6.04. The van der Waals surface area contributed by atoms with E-state index in [9.17, 15) is 5.11 Å². The van der Waals surface area contributed by atoms with Gasteiger partial charge in [0.15, 0.2) is 0 Å². The molecule has 94 valence electrons. The molecular weight excluding hydrogens is 198 g/mol. The molecule has 0 heterocycles. The highest BCUT2D eigenvalue weighted by atomic mass is 16.3. The molecule has 0 atom stereocenters. The zero-order chi connectivity index (χ0) is 11.4.